The van der Waals surface area contributed by atoms with Gasteiger partial charge in [0, 0.05) is 20.3 Å². The Bertz CT molecular complexity index is 1050. The topological polar surface area (TPSA) is 344 Å². The predicted molar refractivity (Wildman–Crippen MR) is 142 cm³/mol. The number of aliphatic hydroxyl groups is 10. The Balaban J connectivity index is 1.98. The van der Waals surface area contributed by atoms with Crippen LogP contribution in [0.25, 0.3) is 0 Å². The molecule has 0 saturated carbocycles. The van der Waals surface area contributed by atoms with Gasteiger partial charge in [-0.05, 0) is 0 Å². The van der Waals surface area contributed by atoms with Gasteiger partial charge in [-0.1, -0.05) is 0 Å². The van der Waals surface area contributed by atoms with E-state index in [2.05, 4.69) is 10.6 Å². The number of carbonyl (C=O) groups excluding carboxylic acids is 2. The molecule has 21 nitrogen and oxygen atoms in total. The summed E-state index contributed by atoms with van der Waals surface area (Å²) >= 11 is 0. The molecule has 3 heterocycles. The van der Waals surface area contributed by atoms with Gasteiger partial charge in [-0.25, -0.2) is 4.79 Å². The number of carbonyl (C=O) groups is 3. The third-order valence-electron chi connectivity index (χ3n) is 7.87. The third kappa shape index (κ3) is 8.08. The maximum absolute atomic E-state index is 12.6. The zero-order valence-electron chi connectivity index (χ0n) is 24.7. The Morgan fingerprint density at radius 3 is 1.91 bits per heavy atom. The number of nitrogens with one attached hydrogen (secondary N) is 2. The molecular weight excluding hydrogens is 632 g/mol. The minimum Gasteiger partial charge on any atom is -0.477 e. The van der Waals surface area contributed by atoms with Crippen LogP contribution in [0.3, 0.4) is 0 Å². The van der Waals surface area contributed by atoms with E-state index < -0.39 is 142 Å². The molecule has 3 saturated heterocycles. The first-order chi connectivity index (χ1) is 21.5. The summed E-state index contributed by atoms with van der Waals surface area (Å²) in [4.78, 5) is 36.2. The zero-order valence-corrected chi connectivity index (χ0v) is 24.7. The lowest BCUT2D eigenvalue weighted by atomic mass is 9.88. The van der Waals surface area contributed by atoms with E-state index in [4.69, 9.17) is 23.7 Å². The second kappa shape index (κ2) is 15.8. The Morgan fingerprint density at radius 1 is 0.848 bits per heavy atom. The first-order valence-corrected chi connectivity index (χ1v) is 14.2. The molecule has 0 bridgehead atoms. The number of aliphatic hydroxyl groups excluding tert-OH is 10. The van der Waals surface area contributed by atoms with Gasteiger partial charge in [-0.15, -0.1) is 0 Å². The van der Waals surface area contributed by atoms with Crippen LogP contribution in [0.1, 0.15) is 20.3 Å². The Labute approximate surface area is 260 Å². The van der Waals surface area contributed by atoms with Crippen molar-refractivity contribution in [2.75, 3.05) is 19.8 Å². The summed E-state index contributed by atoms with van der Waals surface area (Å²) in [5, 5.41) is 118. The fourth-order valence-corrected chi connectivity index (χ4v) is 5.56. The lowest BCUT2D eigenvalue weighted by molar-refractivity contribution is -0.380. The Hall–Kier alpha value is -2.19. The summed E-state index contributed by atoms with van der Waals surface area (Å²) < 4.78 is 27.3. The third-order valence-corrected chi connectivity index (χ3v) is 7.87. The van der Waals surface area contributed by atoms with Crippen LogP contribution in [0.4, 0.5) is 0 Å². The second-order valence-electron chi connectivity index (χ2n) is 11.2. The molecule has 3 rings (SSSR count). The SMILES string of the molecule is CC(=O)N[C@@H]1[C@@H](O[C@@H]2O[C@H](CO)[C@H](O)[C@H](O[C@]3(C(=O)O)C[C@H](O)[C@@H](NC(C)=O)[C@H]([C@H](O)[C@H](O)CO)O3)[C@H]2O)[C@H](O)[C@@H](CO)O[C@@H]1O. The number of carboxylic acid groups (broad SMARTS) is 1. The van der Waals surface area contributed by atoms with Gasteiger partial charge in [0.25, 0.3) is 5.79 Å². The van der Waals surface area contributed by atoms with Crippen LogP contribution < -0.4 is 10.6 Å². The maximum atomic E-state index is 12.6. The molecule has 21 heteroatoms. The largest absolute Gasteiger partial charge is 0.477 e. The quantitative estimate of drug-likeness (QED) is 0.0913. The van der Waals surface area contributed by atoms with Crippen molar-refractivity contribution < 1.29 is 94.2 Å². The van der Waals surface area contributed by atoms with Crippen LogP contribution in [0, 0.1) is 0 Å². The van der Waals surface area contributed by atoms with E-state index in [0.717, 1.165) is 13.8 Å². The number of amides is 2. The van der Waals surface area contributed by atoms with Crippen LogP contribution in [-0.2, 0) is 38.1 Å². The van der Waals surface area contributed by atoms with Crippen LogP contribution in [0.5, 0.6) is 0 Å². The molecule has 0 aromatic heterocycles. The molecule has 0 aromatic carbocycles. The van der Waals surface area contributed by atoms with E-state index in [-0.39, 0.29) is 0 Å². The first kappa shape index (κ1) is 38.3. The molecule has 13 N–H and O–H groups in total. The molecule has 46 heavy (non-hydrogen) atoms. The van der Waals surface area contributed by atoms with Crippen molar-refractivity contribution in [1.29, 1.82) is 0 Å². The van der Waals surface area contributed by atoms with Gasteiger partial charge in [0.1, 0.15) is 67.1 Å². The zero-order chi connectivity index (χ0) is 34.7. The highest BCUT2D eigenvalue weighted by molar-refractivity contribution is 5.76. The number of carboxylic acids is 1. The fraction of sp³-hybridized carbons (Fsp3) is 0.880. The average molecular weight is 675 g/mol. The van der Waals surface area contributed by atoms with E-state index >= 15 is 0 Å². The number of ether oxygens (including phenoxy) is 5. The van der Waals surface area contributed by atoms with Gasteiger partial charge >= 0.3 is 5.97 Å². The highest BCUT2D eigenvalue weighted by Crippen LogP contribution is 2.38. The van der Waals surface area contributed by atoms with Crippen LogP contribution in [0.2, 0.25) is 0 Å². The highest BCUT2D eigenvalue weighted by Gasteiger charge is 2.60. The molecule has 0 aromatic rings. The van der Waals surface area contributed by atoms with Gasteiger partial charge in [0.2, 0.25) is 11.8 Å². The van der Waals surface area contributed by atoms with Crippen molar-refractivity contribution in [3.05, 3.63) is 0 Å². The average Bonchev–Trinajstić information content (AvgIpc) is 2.99. The van der Waals surface area contributed by atoms with E-state index in [9.17, 15) is 70.6 Å². The van der Waals surface area contributed by atoms with Crippen molar-refractivity contribution in [1.82, 2.24) is 10.6 Å². The summed E-state index contributed by atoms with van der Waals surface area (Å²) in [7, 11) is 0. The Morgan fingerprint density at radius 2 is 1.39 bits per heavy atom. The summed E-state index contributed by atoms with van der Waals surface area (Å²) in [6, 6.07) is -3.08. The molecule has 2 amide bonds. The van der Waals surface area contributed by atoms with Crippen molar-refractivity contribution in [2.24, 2.45) is 0 Å². The predicted octanol–water partition coefficient (Wildman–Crippen LogP) is -8.08. The van der Waals surface area contributed by atoms with Crippen LogP contribution in [-0.4, -0.2) is 191 Å². The lowest BCUT2D eigenvalue weighted by Gasteiger charge is -2.50. The smallest absolute Gasteiger partial charge is 0.364 e. The number of hydrogen-bond acceptors (Lipinski definition) is 18. The van der Waals surface area contributed by atoms with E-state index in [1.165, 1.54) is 0 Å². The lowest BCUT2D eigenvalue weighted by Crippen LogP contribution is -2.71. The number of hydrogen-bond donors (Lipinski definition) is 13. The van der Waals surface area contributed by atoms with Gasteiger partial charge in [-0.2, -0.15) is 0 Å². The molecule has 0 unspecified atom stereocenters. The number of rotatable bonds is 12. The monoisotopic (exact) mass is 674 g/mol. The second-order valence-corrected chi connectivity index (χ2v) is 11.2. The van der Waals surface area contributed by atoms with Crippen molar-refractivity contribution in [2.45, 2.75) is 118 Å². The first-order valence-electron chi connectivity index (χ1n) is 14.2. The van der Waals surface area contributed by atoms with Crippen LogP contribution in [0.15, 0.2) is 0 Å². The van der Waals surface area contributed by atoms with E-state index in [0.29, 0.717) is 0 Å². The van der Waals surface area contributed by atoms with Gasteiger partial charge in [0.15, 0.2) is 12.6 Å². The minimum atomic E-state index is -3.04. The standard InChI is InChI=1S/C25H42N2O19/c1-7(31)26-13-9(33)3-25(24(40)41,45-20(13)15(35)10(34)4-28)46-21-17(37)12(6-30)43-23(18(21)38)44-19-14(27-8(2)32)22(39)42-11(5-29)16(19)36/h9-23,28-30,33-39H,3-6H2,1-2H3,(H,26,31)(H,27,32)(H,40,41)/t9-,10+,11+,12+,13+,14+,15+,16+,17-,18+,19+,20+,21-,22-,23-,25-/m0/s1. The van der Waals surface area contributed by atoms with E-state index in [1.54, 1.807) is 0 Å². The Kier molecular flexibility index (Phi) is 13.1. The molecular formula is C25H42N2O19. The summed E-state index contributed by atoms with van der Waals surface area (Å²) in [5.41, 5.74) is 0. The van der Waals surface area contributed by atoms with Gasteiger partial charge in [0.05, 0.1) is 32.0 Å². The molecule has 0 radical (unpaired) electrons. The highest BCUT2D eigenvalue weighted by atomic mass is 16.8. The molecule has 3 fully saturated rings. The van der Waals surface area contributed by atoms with E-state index in [1.807, 2.05) is 0 Å². The normalized spacial score (nSPS) is 42.9. The van der Waals surface area contributed by atoms with Crippen molar-refractivity contribution >= 4 is 17.8 Å². The van der Waals surface area contributed by atoms with Crippen molar-refractivity contribution in [3.8, 4) is 0 Å². The fourth-order valence-electron chi connectivity index (χ4n) is 5.56. The van der Waals surface area contributed by atoms with Gasteiger partial charge in [-0.3, -0.25) is 9.59 Å². The molecule has 0 spiro atoms. The number of aliphatic carboxylic acids is 1. The molecule has 3 aliphatic heterocycles. The van der Waals surface area contributed by atoms with Crippen LogP contribution >= 0.6 is 0 Å². The summed E-state index contributed by atoms with van der Waals surface area (Å²) in [6.07, 6.45) is -25.8. The molecule has 3 aliphatic rings. The molecule has 16 atom stereocenters. The summed E-state index contributed by atoms with van der Waals surface area (Å²) in [6.45, 7) is -0.777. The molecule has 0 aliphatic carbocycles. The van der Waals surface area contributed by atoms with Gasteiger partial charge < -0.3 is 90.5 Å². The van der Waals surface area contributed by atoms with Crippen molar-refractivity contribution in [3.63, 3.8) is 0 Å². The minimum absolute atomic E-state index is 0.720. The maximum Gasteiger partial charge on any atom is 0.364 e. The molecule has 266 valence electrons. The summed E-state index contributed by atoms with van der Waals surface area (Å²) in [5.74, 6) is -6.50.